The molecule has 0 radical (unpaired) electrons. The zero-order chi connectivity index (χ0) is 12.4. The van der Waals surface area contributed by atoms with Crippen molar-refractivity contribution in [2.75, 3.05) is 5.32 Å². The summed E-state index contributed by atoms with van der Waals surface area (Å²) >= 11 is 3.61. The van der Waals surface area contributed by atoms with Crippen LogP contribution in [0.25, 0.3) is 0 Å². The summed E-state index contributed by atoms with van der Waals surface area (Å²) in [6, 6.07) is 0.0384. The van der Waals surface area contributed by atoms with Gasteiger partial charge in [-0.15, -0.1) is 11.3 Å². The van der Waals surface area contributed by atoms with Crippen LogP contribution in [0.2, 0.25) is 0 Å². The molecule has 0 amide bonds. The number of H-pyrrole nitrogens is 1. The third-order valence-corrected chi connectivity index (χ3v) is 4.26. The molecule has 0 aliphatic rings. The van der Waals surface area contributed by atoms with E-state index in [-0.39, 0.29) is 11.6 Å². The summed E-state index contributed by atoms with van der Waals surface area (Å²) in [6.45, 7) is 4.01. The van der Waals surface area contributed by atoms with Crippen molar-refractivity contribution in [2.24, 2.45) is 0 Å². The second-order valence-electron chi connectivity index (χ2n) is 3.57. The zero-order valence-corrected chi connectivity index (χ0v) is 12.3. The number of nitrogens with zero attached hydrogens (tertiary/aromatic N) is 2. The molecule has 17 heavy (non-hydrogen) atoms. The van der Waals surface area contributed by atoms with Crippen molar-refractivity contribution < 1.29 is 0 Å². The number of halogens is 1. The summed E-state index contributed by atoms with van der Waals surface area (Å²) in [4.78, 5) is 23.5. The molecule has 0 saturated carbocycles. The topological polar surface area (TPSA) is 70.7 Å². The first-order chi connectivity index (χ1) is 8.08. The lowest BCUT2D eigenvalue weighted by molar-refractivity contribution is 0.854. The molecule has 0 fully saturated rings. The molecule has 2 aromatic heterocycles. The minimum absolute atomic E-state index is 0.0384. The van der Waals surface area contributed by atoms with Gasteiger partial charge in [-0.25, -0.2) is 9.97 Å². The fraction of sp³-hybridized carbons (Fsp3) is 0.300. The number of nitrogens with one attached hydrogen (secondary N) is 2. The maximum atomic E-state index is 11.4. The smallest absolute Gasteiger partial charge is 0.266 e. The Balaban J connectivity index is 2.21. The van der Waals surface area contributed by atoms with Gasteiger partial charge in [0, 0.05) is 11.1 Å². The average molecular weight is 362 g/mol. The average Bonchev–Trinajstić information content (AvgIpc) is 2.72. The fourth-order valence-corrected chi connectivity index (χ4v) is 2.55. The first-order valence-electron chi connectivity index (χ1n) is 5.00. The molecule has 2 rings (SSSR count). The Morgan fingerprint density at radius 3 is 2.94 bits per heavy atom. The molecule has 0 bridgehead atoms. The van der Waals surface area contributed by atoms with E-state index in [0.717, 1.165) is 5.01 Å². The minimum Gasteiger partial charge on any atom is -0.360 e. The highest BCUT2D eigenvalue weighted by Gasteiger charge is 2.12. The van der Waals surface area contributed by atoms with Crippen molar-refractivity contribution in [1.82, 2.24) is 15.0 Å². The van der Waals surface area contributed by atoms with Crippen molar-refractivity contribution in [1.29, 1.82) is 0 Å². The van der Waals surface area contributed by atoms with Gasteiger partial charge < -0.3 is 10.3 Å². The van der Waals surface area contributed by atoms with Crippen LogP contribution in [0.1, 0.15) is 22.9 Å². The third-order valence-electron chi connectivity index (χ3n) is 2.16. The molecule has 5 nitrogen and oxygen atoms in total. The van der Waals surface area contributed by atoms with E-state index < -0.39 is 0 Å². The Hall–Kier alpha value is -0.960. The lowest BCUT2D eigenvalue weighted by Gasteiger charge is -2.12. The summed E-state index contributed by atoms with van der Waals surface area (Å²) in [5.41, 5.74) is -0.134. The molecule has 0 aliphatic carbocycles. The third kappa shape index (κ3) is 2.83. The number of rotatable bonds is 3. The van der Waals surface area contributed by atoms with Crippen molar-refractivity contribution in [3.05, 3.63) is 36.3 Å². The van der Waals surface area contributed by atoms with Gasteiger partial charge >= 0.3 is 0 Å². The Morgan fingerprint density at radius 1 is 1.53 bits per heavy atom. The van der Waals surface area contributed by atoms with E-state index in [2.05, 4.69) is 20.3 Å². The first kappa shape index (κ1) is 12.5. The van der Waals surface area contributed by atoms with Gasteiger partial charge in [0.05, 0.1) is 12.4 Å². The van der Waals surface area contributed by atoms with Gasteiger partial charge in [0.1, 0.15) is 14.4 Å². The molecule has 0 aromatic carbocycles. The second kappa shape index (κ2) is 5.13. The molecule has 1 atom stereocenters. The molecule has 90 valence electrons. The Kier molecular flexibility index (Phi) is 3.77. The normalized spacial score (nSPS) is 12.4. The summed E-state index contributed by atoms with van der Waals surface area (Å²) < 4.78 is 0.560. The van der Waals surface area contributed by atoms with Gasteiger partial charge in [-0.2, -0.15) is 0 Å². The summed E-state index contributed by atoms with van der Waals surface area (Å²) in [7, 11) is 0. The number of thiazole rings is 1. The van der Waals surface area contributed by atoms with Crippen LogP contribution >= 0.6 is 33.9 Å². The predicted octanol–water partition coefficient (Wildman–Crippen LogP) is 2.31. The number of hydrogen-bond donors (Lipinski definition) is 2. The van der Waals surface area contributed by atoms with E-state index in [1.807, 2.05) is 42.6 Å². The van der Waals surface area contributed by atoms with E-state index in [0.29, 0.717) is 9.39 Å². The summed E-state index contributed by atoms with van der Waals surface area (Å²) in [5.74, 6) is 0.592. The van der Waals surface area contributed by atoms with Crippen molar-refractivity contribution in [3.63, 3.8) is 0 Å². The van der Waals surface area contributed by atoms with Gasteiger partial charge in [0.25, 0.3) is 5.56 Å². The maximum Gasteiger partial charge on any atom is 0.266 e. The highest BCUT2D eigenvalue weighted by atomic mass is 127. The summed E-state index contributed by atoms with van der Waals surface area (Å²) in [6.07, 6.45) is 3.24. The largest absolute Gasteiger partial charge is 0.360 e. The molecule has 0 aliphatic heterocycles. The lowest BCUT2D eigenvalue weighted by atomic mass is 10.3. The van der Waals surface area contributed by atoms with Gasteiger partial charge in [0.2, 0.25) is 0 Å². The van der Waals surface area contributed by atoms with Gasteiger partial charge in [-0.1, -0.05) is 0 Å². The Bertz CT molecular complexity index is 580. The number of hydrogen-bond acceptors (Lipinski definition) is 5. The van der Waals surface area contributed by atoms with Crippen LogP contribution in [0.3, 0.4) is 0 Å². The van der Waals surface area contributed by atoms with Crippen LogP contribution in [-0.2, 0) is 0 Å². The first-order valence-corrected chi connectivity index (χ1v) is 6.89. The van der Waals surface area contributed by atoms with Crippen molar-refractivity contribution in [3.8, 4) is 0 Å². The fourth-order valence-electron chi connectivity index (χ4n) is 1.32. The van der Waals surface area contributed by atoms with Crippen LogP contribution in [0, 0.1) is 10.5 Å². The van der Waals surface area contributed by atoms with Crippen LogP contribution in [0.4, 0.5) is 5.82 Å². The molecule has 1 unspecified atom stereocenters. The van der Waals surface area contributed by atoms with Gasteiger partial charge in [0.15, 0.2) is 0 Å². The van der Waals surface area contributed by atoms with Crippen molar-refractivity contribution in [2.45, 2.75) is 19.9 Å². The highest BCUT2D eigenvalue weighted by Crippen LogP contribution is 2.23. The zero-order valence-electron chi connectivity index (χ0n) is 9.32. The number of aromatic amines is 1. The standard InChI is InChI=1S/C10H11IN4OS/c1-5-3-12-10(17-5)6(2)15-8-7(11)9(16)14-4-13-8/h3-4,6H,1-2H3,(H2,13,14,15,16). The number of anilines is 1. The second-order valence-corrected chi connectivity index (χ2v) is 5.91. The van der Waals surface area contributed by atoms with Crippen molar-refractivity contribution >= 4 is 39.7 Å². The molecular weight excluding hydrogens is 351 g/mol. The maximum absolute atomic E-state index is 11.4. The highest BCUT2D eigenvalue weighted by molar-refractivity contribution is 14.1. The molecular formula is C10H11IN4OS. The van der Waals surface area contributed by atoms with E-state index >= 15 is 0 Å². The van der Waals surface area contributed by atoms with E-state index in [4.69, 9.17) is 0 Å². The minimum atomic E-state index is -0.134. The van der Waals surface area contributed by atoms with Gasteiger partial charge in [-0.05, 0) is 36.4 Å². The van der Waals surface area contributed by atoms with Gasteiger partial charge in [-0.3, -0.25) is 4.79 Å². The van der Waals surface area contributed by atoms with Crippen LogP contribution in [0.15, 0.2) is 17.3 Å². The number of aryl methyl sites for hydroxylation is 1. The molecule has 2 N–H and O–H groups in total. The lowest BCUT2D eigenvalue weighted by Crippen LogP contribution is -2.16. The number of aromatic nitrogens is 3. The predicted molar refractivity (Wildman–Crippen MR) is 76.5 cm³/mol. The van der Waals surface area contributed by atoms with Crippen LogP contribution < -0.4 is 10.9 Å². The Labute approximate surface area is 116 Å². The molecule has 0 saturated heterocycles. The molecule has 7 heteroatoms. The Morgan fingerprint density at radius 2 is 2.29 bits per heavy atom. The van der Waals surface area contributed by atoms with Crippen LogP contribution in [-0.4, -0.2) is 15.0 Å². The molecule has 2 aromatic rings. The SMILES string of the molecule is Cc1cnc(C(C)Nc2nc[nH]c(=O)c2I)s1. The van der Waals surface area contributed by atoms with Crippen LogP contribution in [0.5, 0.6) is 0 Å². The molecule has 0 spiro atoms. The monoisotopic (exact) mass is 362 g/mol. The quantitative estimate of drug-likeness (QED) is 0.823. The summed E-state index contributed by atoms with van der Waals surface area (Å²) in [5, 5.41) is 4.18. The van der Waals surface area contributed by atoms with E-state index in [1.165, 1.54) is 11.2 Å². The van der Waals surface area contributed by atoms with E-state index in [1.54, 1.807) is 11.3 Å². The molecule has 2 heterocycles. The van der Waals surface area contributed by atoms with E-state index in [9.17, 15) is 4.79 Å².